The Morgan fingerprint density at radius 2 is 1.90 bits per heavy atom. The van der Waals surface area contributed by atoms with Crippen LogP contribution in [0.5, 0.6) is 0 Å². The van der Waals surface area contributed by atoms with E-state index in [4.69, 9.17) is 16.3 Å². The second-order valence-corrected chi connectivity index (χ2v) is 8.88. The smallest absolute Gasteiger partial charge is 0.410 e. The van der Waals surface area contributed by atoms with Gasteiger partial charge in [0.05, 0.1) is 12.6 Å². The summed E-state index contributed by atoms with van der Waals surface area (Å²) in [6.07, 6.45) is 0.872. The topological polar surface area (TPSA) is 70.2 Å². The molecule has 0 radical (unpaired) electrons. The van der Waals surface area contributed by atoms with Crippen LogP contribution < -0.4 is 0 Å². The molecule has 2 fully saturated rings. The van der Waals surface area contributed by atoms with Crippen LogP contribution in [0, 0.1) is 0 Å². The van der Waals surface area contributed by atoms with Gasteiger partial charge in [0.25, 0.3) is 0 Å². The molecule has 0 bridgehead atoms. The molecule has 2 heterocycles. The molecule has 0 aromatic heterocycles. The second kappa shape index (κ2) is 8.61. The van der Waals surface area contributed by atoms with E-state index in [0.29, 0.717) is 37.6 Å². The molecule has 158 valence electrons. The monoisotopic (exact) mass is 421 g/mol. The van der Waals surface area contributed by atoms with Crippen LogP contribution in [0.15, 0.2) is 24.3 Å². The maximum atomic E-state index is 13.1. The Labute approximate surface area is 176 Å². The molecule has 2 saturated heterocycles. The summed E-state index contributed by atoms with van der Waals surface area (Å²) < 4.78 is 5.51. The van der Waals surface area contributed by atoms with Gasteiger partial charge in [-0.15, -0.1) is 0 Å². The van der Waals surface area contributed by atoms with Crippen molar-refractivity contribution in [2.75, 3.05) is 32.7 Å². The predicted molar refractivity (Wildman–Crippen MR) is 110 cm³/mol. The molecule has 2 aliphatic rings. The van der Waals surface area contributed by atoms with Crippen LogP contribution in [0.25, 0.3) is 0 Å². The summed E-state index contributed by atoms with van der Waals surface area (Å²) in [6.45, 7) is 7.16. The van der Waals surface area contributed by atoms with E-state index >= 15 is 0 Å². The molecule has 3 amide bonds. The summed E-state index contributed by atoms with van der Waals surface area (Å²) in [6, 6.07) is 6.94. The van der Waals surface area contributed by atoms with Gasteiger partial charge in [0.1, 0.15) is 5.60 Å². The van der Waals surface area contributed by atoms with Crippen LogP contribution in [0.4, 0.5) is 4.79 Å². The molecule has 0 saturated carbocycles. The van der Waals surface area contributed by atoms with Gasteiger partial charge < -0.3 is 19.4 Å². The van der Waals surface area contributed by atoms with E-state index < -0.39 is 17.7 Å². The van der Waals surface area contributed by atoms with Crippen molar-refractivity contribution in [2.24, 2.45) is 0 Å². The number of hydrogen-bond donors (Lipinski definition) is 0. The van der Waals surface area contributed by atoms with Gasteiger partial charge in [-0.2, -0.15) is 0 Å². The average molecular weight is 422 g/mol. The Kier molecular flexibility index (Phi) is 6.36. The quantitative estimate of drug-likeness (QED) is 0.752. The number of likely N-dealkylation sites (tertiary alicyclic amines) is 1. The third-order valence-corrected chi connectivity index (χ3v) is 5.46. The molecular formula is C21H28ClN3O4. The van der Waals surface area contributed by atoms with Crippen molar-refractivity contribution in [3.05, 3.63) is 34.9 Å². The highest BCUT2D eigenvalue weighted by Gasteiger charge is 2.37. The number of amides is 3. The van der Waals surface area contributed by atoms with Gasteiger partial charge >= 0.3 is 6.09 Å². The maximum Gasteiger partial charge on any atom is 0.410 e. The third kappa shape index (κ3) is 5.21. The highest BCUT2D eigenvalue weighted by Crippen LogP contribution is 2.31. The molecule has 7 nitrogen and oxygen atoms in total. The van der Waals surface area contributed by atoms with Crippen LogP contribution in [-0.4, -0.2) is 70.9 Å². The fraction of sp³-hybridized carbons (Fsp3) is 0.571. The molecule has 2 aliphatic heterocycles. The molecule has 8 heteroatoms. The summed E-state index contributed by atoms with van der Waals surface area (Å²) in [5, 5.41) is 0.540. The Morgan fingerprint density at radius 3 is 2.52 bits per heavy atom. The molecule has 1 aromatic rings. The van der Waals surface area contributed by atoms with Gasteiger partial charge in [-0.05, 0) is 38.8 Å². The van der Waals surface area contributed by atoms with Crippen LogP contribution in [-0.2, 0) is 14.3 Å². The largest absolute Gasteiger partial charge is 0.444 e. The number of carbonyl (C=O) groups excluding carboxylic acids is 3. The lowest BCUT2D eigenvalue weighted by Crippen LogP contribution is -2.55. The van der Waals surface area contributed by atoms with Gasteiger partial charge in [0.2, 0.25) is 11.8 Å². The van der Waals surface area contributed by atoms with Crippen LogP contribution in [0.1, 0.15) is 45.2 Å². The molecule has 1 unspecified atom stereocenters. The minimum absolute atomic E-state index is 0.0139. The first-order valence-corrected chi connectivity index (χ1v) is 10.3. The molecule has 3 rings (SSSR count). The van der Waals surface area contributed by atoms with Gasteiger partial charge in [0.15, 0.2) is 0 Å². The van der Waals surface area contributed by atoms with E-state index in [1.165, 1.54) is 0 Å². The minimum atomic E-state index is -0.597. The fourth-order valence-corrected chi connectivity index (χ4v) is 3.97. The molecule has 0 spiro atoms. The van der Waals surface area contributed by atoms with Crippen molar-refractivity contribution < 1.29 is 19.1 Å². The van der Waals surface area contributed by atoms with Crippen molar-refractivity contribution in [3.63, 3.8) is 0 Å². The third-order valence-electron chi connectivity index (χ3n) is 5.11. The summed E-state index contributed by atoms with van der Waals surface area (Å²) in [5.74, 6) is -0.117. The first-order chi connectivity index (χ1) is 13.7. The highest BCUT2D eigenvalue weighted by atomic mass is 35.5. The normalized spacial score (nSPS) is 20.2. The molecule has 1 aromatic carbocycles. The van der Waals surface area contributed by atoms with Gasteiger partial charge in [-0.25, -0.2) is 4.79 Å². The SMILES string of the molecule is CC(C)(C)OC(=O)N1CCN(C(=O)CN2CCCC2=O)C(c2ccccc2Cl)C1. The number of hydrogen-bond acceptors (Lipinski definition) is 4. The number of ether oxygens (including phenoxy) is 1. The number of halogens is 1. The fourth-order valence-electron chi connectivity index (χ4n) is 3.71. The summed E-state index contributed by atoms with van der Waals surface area (Å²) >= 11 is 6.42. The van der Waals surface area contributed by atoms with Crippen molar-refractivity contribution in [1.82, 2.24) is 14.7 Å². The van der Waals surface area contributed by atoms with Crippen molar-refractivity contribution >= 4 is 29.5 Å². The zero-order valence-electron chi connectivity index (χ0n) is 17.2. The van der Waals surface area contributed by atoms with E-state index in [-0.39, 0.29) is 18.4 Å². The first-order valence-electron chi connectivity index (χ1n) is 9.95. The number of benzene rings is 1. The van der Waals surface area contributed by atoms with Gasteiger partial charge in [-0.1, -0.05) is 29.8 Å². The molecule has 1 atom stereocenters. The van der Waals surface area contributed by atoms with Crippen molar-refractivity contribution in [3.8, 4) is 0 Å². The highest BCUT2D eigenvalue weighted by molar-refractivity contribution is 6.31. The zero-order chi connectivity index (χ0) is 21.2. The Balaban J connectivity index is 1.80. The lowest BCUT2D eigenvalue weighted by molar-refractivity contribution is -0.142. The summed E-state index contributed by atoms with van der Waals surface area (Å²) in [4.78, 5) is 42.5. The Bertz CT molecular complexity index is 792. The second-order valence-electron chi connectivity index (χ2n) is 8.47. The lowest BCUT2D eigenvalue weighted by atomic mass is 10.0. The molecule has 29 heavy (non-hydrogen) atoms. The number of carbonyl (C=O) groups is 3. The van der Waals surface area contributed by atoms with Gasteiger partial charge in [0, 0.05) is 37.6 Å². The number of nitrogens with zero attached hydrogens (tertiary/aromatic N) is 3. The lowest BCUT2D eigenvalue weighted by Gasteiger charge is -2.42. The number of rotatable bonds is 3. The standard InChI is InChI=1S/C21H28ClN3O4/c1-21(2,3)29-20(28)24-11-12-25(19(27)14-23-10-6-9-18(23)26)17(13-24)15-7-4-5-8-16(15)22/h4-5,7-8,17H,6,9-14H2,1-3H3. The maximum absolute atomic E-state index is 13.1. The average Bonchev–Trinajstić information content (AvgIpc) is 3.05. The van der Waals surface area contributed by atoms with Gasteiger partial charge in [-0.3, -0.25) is 9.59 Å². The van der Waals surface area contributed by atoms with Crippen LogP contribution >= 0.6 is 11.6 Å². The van der Waals surface area contributed by atoms with E-state index in [2.05, 4.69) is 0 Å². The van der Waals surface area contributed by atoms with E-state index in [1.807, 2.05) is 39.0 Å². The van der Waals surface area contributed by atoms with E-state index in [9.17, 15) is 14.4 Å². The van der Waals surface area contributed by atoms with Crippen LogP contribution in [0.2, 0.25) is 5.02 Å². The summed E-state index contributed by atoms with van der Waals surface area (Å²) in [5.41, 5.74) is 0.184. The number of piperazine rings is 1. The van der Waals surface area contributed by atoms with E-state index in [1.54, 1.807) is 20.8 Å². The molecule has 0 N–H and O–H groups in total. The van der Waals surface area contributed by atoms with Crippen molar-refractivity contribution in [1.29, 1.82) is 0 Å². The Morgan fingerprint density at radius 1 is 1.17 bits per heavy atom. The zero-order valence-corrected chi connectivity index (χ0v) is 17.9. The molecular weight excluding hydrogens is 394 g/mol. The van der Waals surface area contributed by atoms with Crippen molar-refractivity contribution in [2.45, 2.75) is 45.3 Å². The minimum Gasteiger partial charge on any atom is -0.444 e. The predicted octanol–water partition coefficient (Wildman–Crippen LogP) is 3.08. The van der Waals surface area contributed by atoms with E-state index in [0.717, 1.165) is 12.0 Å². The summed E-state index contributed by atoms with van der Waals surface area (Å²) in [7, 11) is 0. The Hall–Kier alpha value is -2.28. The first kappa shape index (κ1) is 21.4. The molecule has 0 aliphatic carbocycles. The van der Waals surface area contributed by atoms with Crippen LogP contribution in [0.3, 0.4) is 0 Å².